The maximum absolute atomic E-state index is 13.6. The number of benzene rings is 1. The second-order valence-corrected chi connectivity index (χ2v) is 7.95. The molecule has 1 aliphatic carbocycles. The summed E-state index contributed by atoms with van der Waals surface area (Å²) in [5.41, 5.74) is 9.51. The van der Waals surface area contributed by atoms with E-state index in [1.165, 1.54) is 12.1 Å². The molecule has 4 atom stereocenters. The number of nitrogens with two attached hydrogens (primary N) is 1. The molecule has 148 valence electrons. The molecule has 1 amide bonds. The average molecular weight is 388 g/mol. The van der Waals surface area contributed by atoms with Gasteiger partial charge in [-0.1, -0.05) is 6.92 Å². The van der Waals surface area contributed by atoms with Gasteiger partial charge < -0.3 is 5.73 Å². The lowest BCUT2D eigenvalue weighted by Crippen LogP contribution is -2.63. The smallest absolute Gasteiger partial charge is 0.309 e. The third-order valence-corrected chi connectivity index (χ3v) is 6.24. The number of carbonyl (C=O) groups is 1. The Balaban J connectivity index is 1.44. The van der Waals surface area contributed by atoms with Crippen LogP contribution in [0.4, 0.5) is 8.78 Å². The van der Waals surface area contributed by atoms with Crippen LogP contribution in [0, 0.1) is 17.6 Å². The highest BCUT2D eigenvalue weighted by atomic mass is 19.2. The number of rotatable bonds is 3. The molecule has 2 heterocycles. The molecule has 0 saturated carbocycles. The quantitative estimate of drug-likeness (QED) is 0.773. The van der Waals surface area contributed by atoms with Gasteiger partial charge in [-0.15, -0.1) is 5.10 Å². The van der Waals surface area contributed by atoms with E-state index in [9.17, 15) is 13.6 Å². The van der Waals surface area contributed by atoms with Gasteiger partial charge in [0.25, 0.3) is 0 Å². The third-order valence-electron chi connectivity index (χ3n) is 6.24. The van der Waals surface area contributed by atoms with Crippen LogP contribution in [0.25, 0.3) is 0 Å². The molecule has 0 radical (unpaired) electrons. The van der Waals surface area contributed by atoms with Crippen molar-refractivity contribution in [2.24, 2.45) is 21.9 Å². The van der Waals surface area contributed by atoms with Crippen molar-refractivity contribution in [3.63, 3.8) is 0 Å². The molecule has 4 rings (SSSR count). The Morgan fingerprint density at radius 3 is 2.82 bits per heavy atom. The normalized spacial score (nSPS) is 26.7. The van der Waals surface area contributed by atoms with Crippen LogP contribution < -0.4 is 11.1 Å². The van der Waals surface area contributed by atoms with Gasteiger partial charge >= 0.3 is 11.7 Å². The summed E-state index contributed by atoms with van der Waals surface area (Å²) in [6.07, 6.45) is 1.42. The zero-order valence-electron chi connectivity index (χ0n) is 16.2. The van der Waals surface area contributed by atoms with E-state index >= 15 is 0 Å². The van der Waals surface area contributed by atoms with Crippen LogP contribution in [-0.2, 0) is 11.2 Å². The highest BCUT2D eigenvalue weighted by Crippen LogP contribution is 2.37. The van der Waals surface area contributed by atoms with E-state index < -0.39 is 17.7 Å². The number of nitrogens with zero attached hydrogens (tertiary/aromatic N) is 3. The molecule has 8 heteroatoms. The third kappa shape index (κ3) is 2.96. The predicted molar refractivity (Wildman–Crippen MR) is 103 cm³/mol. The Bertz CT molecular complexity index is 952. The van der Waals surface area contributed by atoms with Crippen molar-refractivity contribution in [2.45, 2.75) is 51.1 Å². The van der Waals surface area contributed by atoms with Crippen LogP contribution in [0.5, 0.6) is 0 Å². The number of hydrogen-bond donors (Lipinski definition) is 2. The second-order valence-electron chi connectivity index (χ2n) is 7.95. The Morgan fingerprint density at radius 1 is 1.36 bits per heavy atom. The fourth-order valence-electron chi connectivity index (χ4n) is 4.48. The maximum Gasteiger partial charge on any atom is 0.309 e. The minimum atomic E-state index is -0.875. The summed E-state index contributed by atoms with van der Waals surface area (Å²) in [7, 11) is 1.92. The zero-order valence-corrected chi connectivity index (χ0v) is 16.2. The van der Waals surface area contributed by atoms with Crippen LogP contribution in [-0.4, -0.2) is 46.9 Å². The van der Waals surface area contributed by atoms with Crippen LogP contribution in [0.2, 0.25) is 0 Å². The Hall–Kier alpha value is -2.48. The van der Waals surface area contributed by atoms with Crippen molar-refractivity contribution in [3.05, 3.63) is 34.9 Å². The Kier molecular flexibility index (Phi) is 4.61. The first-order valence-electron chi connectivity index (χ1n) is 9.53. The van der Waals surface area contributed by atoms with Gasteiger partial charge in [0.2, 0.25) is 0 Å². The van der Waals surface area contributed by atoms with Gasteiger partial charge in [0, 0.05) is 23.6 Å². The number of carbonyl (C=O) groups excluding carboxylic acids is 1. The summed E-state index contributed by atoms with van der Waals surface area (Å²) in [5.74, 6) is -1.20. The van der Waals surface area contributed by atoms with Gasteiger partial charge in [0.15, 0.2) is 23.4 Å². The lowest BCUT2D eigenvalue weighted by molar-refractivity contribution is -0.539. The summed E-state index contributed by atoms with van der Waals surface area (Å²) in [6, 6.07) is 2.11. The molecule has 28 heavy (non-hydrogen) atoms. The number of halogens is 2. The van der Waals surface area contributed by atoms with E-state index in [4.69, 9.17) is 5.73 Å². The average Bonchev–Trinajstić information content (AvgIpc) is 3.04. The minimum Gasteiger partial charge on any atom is -0.327 e. The van der Waals surface area contributed by atoms with Crippen molar-refractivity contribution >= 4 is 23.2 Å². The zero-order chi connectivity index (χ0) is 20.2. The van der Waals surface area contributed by atoms with Gasteiger partial charge in [-0.2, -0.15) is 5.10 Å². The van der Waals surface area contributed by atoms with E-state index in [0.717, 1.165) is 17.0 Å². The fourth-order valence-corrected chi connectivity index (χ4v) is 4.48. The number of amides is 1. The molecule has 0 aromatic heterocycles. The highest BCUT2D eigenvalue weighted by Gasteiger charge is 2.48. The van der Waals surface area contributed by atoms with Crippen LogP contribution in [0.1, 0.15) is 43.7 Å². The summed E-state index contributed by atoms with van der Waals surface area (Å²) >= 11 is 0. The minimum absolute atomic E-state index is 0.0935. The van der Waals surface area contributed by atoms with Crippen LogP contribution in [0.15, 0.2) is 22.3 Å². The first kappa shape index (κ1) is 18.9. The van der Waals surface area contributed by atoms with E-state index in [1.54, 1.807) is 0 Å². The lowest BCUT2D eigenvalue weighted by Gasteiger charge is -2.34. The molecular formula is C20H24F2N5O+. The van der Waals surface area contributed by atoms with Gasteiger partial charge in [-0.25, -0.2) is 18.9 Å². The Morgan fingerprint density at radius 2 is 2.07 bits per heavy atom. The molecule has 0 spiro atoms. The van der Waals surface area contributed by atoms with Gasteiger partial charge in [0.05, 0.1) is 13.5 Å². The highest BCUT2D eigenvalue weighted by molar-refractivity contribution is 6.47. The van der Waals surface area contributed by atoms with Crippen molar-refractivity contribution in [3.8, 4) is 0 Å². The first-order chi connectivity index (χ1) is 13.3. The number of amidine groups is 1. The molecule has 1 aromatic rings. The summed E-state index contributed by atoms with van der Waals surface area (Å²) < 4.78 is 29.1. The van der Waals surface area contributed by atoms with E-state index in [2.05, 4.69) is 22.4 Å². The number of aryl methyl sites for hydroxylation is 1. The van der Waals surface area contributed by atoms with Crippen molar-refractivity contribution in [2.75, 3.05) is 7.05 Å². The topological polar surface area (TPSA) is 82.9 Å². The number of fused-ring (bicyclic) bond motifs is 2. The largest absolute Gasteiger partial charge is 0.327 e. The molecule has 0 saturated heterocycles. The second kappa shape index (κ2) is 6.84. The van der Waals surface area contributed by atoms with Gasteiger partial charge in [0.1, 0.15) is 0 Å². The SMILES string of the molecule is CC1=NN=C2C(NC(=O)CC(N)C3CCc4cc(F)c(F)cc43)=[N+](C)C2C1C. The number of hydrogen-bond acceptors (Lipinski definition) is 4. The summed E-state index contributed by atoms with van der Waals surface area (Å²) in [6.45, 7) is 4.03. The first-order valence-corrected chi connectivity index (χ1v) is 9.53. The summed E-state index contributed by atoms with van der Waals surface area (Å²) in [5, 5.41) is 11.3. The van der Waals surface area contributed by atoms with Crippen LogP contribution in [0.3, 0.4) is 0 Å². The Labute approximate surface area is 162 Å². The molecule has 0 bridgehead atoms. The fraction of sp³-hybridized carbons (Fsp3) is 0.500. The van der Waals surface area contributed by atoms with Crippen LogP contribution >= 0.6 is 0 Å². The molecule has 6 nitrogen and oxygen atoms in total. The monoisotopic (exact) mass is 388 g/mol. The van der Waals surface area contributed by atoms with Crippen molar-refractivity contribution in [1.82, 2.24) is 5.32 Å². The maximum atomic E-state index is 13.6. The molecular weight excluding hydrogens is 364 g/mol. The summed E-state index contributed by atoms with van der Waals surface area (Å²) in [4.78, 5) is 12.5. The van der Waals surface area contributed by atoms with Gasteiger partial charge in [-0.05, 0) is 43.0 Å². The van der Waals surface area contributed by atoms with E-state index in [0.29, 0.717) is 24.2 Å². The number of nitrogens with one attached hydrogen (secondary N) is 1. The van der Waals surface area contributed by atoms with Crippen molar-refractivity contribution in [1.29, 1.82) is 0 Å². The predicted octanol–water partition coefficient (Wildman–Crippen LogP) is 1.72. The van der Waals surface area contributed by atoms with E-state index in [1.807, 2.05) is 18.5 Å². The van der Waals surface area contributed by atoms with Gasteiger partial charge in [-0.3, -0.25) is 4.58 Å². The van der Waals surface area contributed by atoms with Crippen molar-refractivity contribution < 1.29 is 18.2 Å². The molecule has 3 aliphatic rings. The standard InChI is InChI=1S/C20H23F2N5O/c1-9-10(2)25-26-18-19(9)27(3)20(18)24-17(28)8-16(23)12-5-4-11-6-14(21)15(22)7-13(11)12/h6-7,9,12,16,19H,4-5,8,23H2,1-3H3/p+1. The molecule has 3 N–H and O–H groups in total. The molecule has 2 aliphatic heterocycles. The molecule has 1 aromatic carbocycles. The van der Waals surface area contributed by atoms with E-state index in [-0.39, 0.29) is 30.2 Å². The molecule has 4 unspecified atom stereocenters. The molecule has 0 fully saturated rings. The lowest BCUT2D eigenvalue weighted by atomic mass is 9.86.